The summed E-state index contributed by atoms with van der Waals surface area (Å²) in [5.41, 5.74) is 0.920. The zero-order valence-corrected chi connectivity index (χ0v) is 13.3. The fourth-order valence-electron chi connectivity index (χ4n) is 3.39. The van der Waals surface area contributed by atoms with Gasteiger partial charge in [0.25, 0.3) is 0 Å². The van der Waals surface area contributed by atoms with Gasteiger partial charge in [0.05, 0.1) is 4.92 Å². The largest absolute Gasteiger partial charge is 0.364 e. The summed E-state index contributed by atoms with van der Waals surface area (Å²) >= 11 is 0. The third-order valence-electron chi connectivity index (χ3n) is 4.76. The van der Waals surface area contributed by atoms with E-state index >= 15 is 0 Å². The molecule has 1 saturated carbocycles. The van der Waals surface area contributed by atoms with E-state index in [0.29, 0.717) is 23.5 Å². The molecule has 0 spiro atoms. The lowest BCUT2D eigenvalue weighted by molar-refractivity contribution is -0.384. The van der Waals surface area contributed by atoms with Gasteiger partial charge in [-0.15, -0.1) is 0 Å². The maximum absolute atomic E-state index is 11.3. The van der Waals surface area contributed by atoms with E-state index < -0.39 is 0 Å². The number of nitrogens with zero attached hydrogens (tertiary/aromatic N) is 3. The van der Waals surface area contributed by atoms with E-state index in [0.717, 1.165) is 19.4 Å². The Morgan fingerprint density at radius 2 is 2.05 bits per heavy atom. The van der Waals surface area contributed by atoms with Crippen LogP contribution in [0.5, 0.6) is 0 Å². The van der Waals surface area contributed by atoms with E-state index in [1.807, 2.05) is 0 Å². The second kappa shape index (κ2) is 6.45. The van der Waals surface area contributed by atoms with Gasteiger partial charge >= 0.3 is 5.69 Å². The molecule has 2 rings (SSSR count). The molecule has 0 amide bonds. The minimum atomic E-state index is -0.315. The van der Waals surface area contributed by atoms with E-state index in [-0.39, 0.29) is 10.6 Å². The van der Waals surface area contributed by atoms with Crippen LogP contribution in [0.2, 0.25) is 0 Å². The molecular formula is C15H26N4O2. The van der Waals surface area contributed by atoms with E-state index in [1.54, 1.807) is 11.6 Å². The molecule has 0 saturated heterocycles. The van der Waals surface area contributed by atoms with Crippen molar-refractivity contribution in [2.24, 2.45) is 5.41 Å². The molecule has 0 aromatic carbocycles. The topological polar surface area (TPSA) is 73.0 Å². The van der Waals surface area contributed by atoms with Crippen LogP contribution in [0.15, 0.2) is 0 Å². The third kappa shape index (κ3) is 3.19. The average Bonchev–Trinajstić information content (AvgIpc) is 3.02. The fourth-order valence-corrected chi connectivity index (χ4v) is 3.39. The molecular weight excluding hydrogens is 268 g/mol. The standard InChI is InChI=1S/C15H26N4O2/c1-4-10-18-14(13(19(20)21)12(3)17-18)16-11-15(5-2)8-6-7-9-15/h16H,4-11H2,1-3H3. The van der Waals surface area contributed by atoms with Crippen LogP contribution < -0.4 is 5.32 Å². The molecule has 1 aliphatic carbocycles. The Hall–Kier alpha value is -1.59. The van der Waals surface area contributed by atoms with Crippen molar-refractivity contribution in [3.05, 3.63) is 15.8 Å². The Morgan fingerprint density at radius 1 is 1.38 bits per heavy atom. The first kappa shape index (κ1) is 15.8. The zero-order chi connectivity index (χ0) is 15.5. The van der Waals surface area contributed by atoms with Gasteiger partial charge in [-0.2, -0.15) is 5.10 Å². The van der Waals surface area contributed by atoms with Crippen molar-refractivity contribution in [1.82, 2.24) is 9.78 Å². The Kier molecular flexibility index (Phi) is 4.85. The summed E-state index contributed by atoms with van der Waals surface area (Å²) in [7, 11) is 0. The average molecular weight is 294 g/mol. The predicted octanol–water partition coefficient (Wildman–Crippen LogP) is 3.89. The molecule has 0 unspecified atom stereocenters. The molecule has 0 atom stereocenters. The number of aryl methyl sites for hydroxylation is 2. The fraction of sp³-hybridized carbons (Fsp3) is 0.800. The maximum Gasteiger partial charge on any atom is 0.333 e. The summed E-state index contributed by atoms with van der Waals surface area (Å²) in [6.07, 6.45) is 6.99. The van der Waals surface area contributed by atoms with Crippen LogP contribution in [-0.4, -0.2) is 21.2 Å². The normalized spacial score (nSPS) is 17.1. The highest BCUT2D eigenvalue weighted by Crippen LogP contribution is 2.41. The molecule has 118 valence electrons. The second-order valence-electron chi connectivity index (χ2n) is 6.18. The Bertz CT molecular complexity index is 504. The summed E-state index contributed by atoms with van der Waals surface area (Å²) in [5, 5.41) is 19.0. The van der Waals surface area contributed by atoms with Crippen LogP contribution in [0.1, 0.15) is 58.1 Å². The SMILES string of the molecule is CCCn1nc(C)c([N+](=O)[O-])c1NCC1(CC)CCCC1. The van der Waals surface area contributed by atoms with E-state index in [1.165, 1.54) is 25.7 Å². The lowest BCUT2D eigenvalue weighted by Crippen LogP contribution is -2.27. The van der Waals surface area contributed by atoms with Crippen molar-refractivity contribution >= 4 is 11.5 Å². The summed E-state index contributed by atoms with van der Waals surface area (Å²) in [5.74, 6) is 0.582. The van der Waals surface area contributed by atoms with Crippen LogP contribution >= 0.6 is 0 Å². The van der Waals surface area contributed by atoms with E-state index in [2.05, 4.69) is 24.3 Å². The summed E-state index contributed by atoms with van der Waals surface area (Å²) in [6.45, 7) is 7.49. The minimum absolute atomic E-state index is 0.132. The minimum Gasteiger partial charge on any atom is -0.364 e. The molecule has 0 radical (unpaired) electrons. The van der Waals surface area contributed by atoms with Gasteiger partial charge in [-0.1, -0.05) is 26.7 Å². The molecule has 1 fully saturated rings. The molecule has 0 bridgehead atoms. The van der Waals surface area contributed by atoms with Gasteiger partial charge in [-0.05, 0) is 38.0 Å². The maximum atomic E-state index is 11.3. The van der Waals surface area contributed by atoms with Crippen molar-refractivity contribution < 1.29 is 4.92 Å². The van der Waals surface area contributed by atoms with Gasteiger partial charge < -0.3 is 5.32 Å². The van der Waals surface area contributed by atoms with Gasteiger partial charge in [0.15, 0.2) is 0 Å². The molecule has 1 heterocycles. The third-order valence-corrected chi connectivity index (χ3v) is 4.76. The summed E-state index contributed by atoms with van der Waals surface area (Å²) in [6, 6.07) is 0. The molecule has 6 heteroatoms. The first-order valence-corrected chi connectivity index (χ1v) is 7.98. The predicted molar refractivity (Wildman–Crippen MR) is 83.6 cm³/mol. The van der Waals surface area contributed by atoms with Crippen LogP contribution in [0.3, 0.4) is 0 Å². The quantitative estimate of drug-likeness (QED) is 0.611. The van der Waals surface area contributed by atoms with Crippen LogP contribution in [-0.2, 0) is 6.54 Å². The van der Waals surface area contributed by atoms with Crippen molar-refractivity contribution in [3.8, 4) is 0 Å². The molecule has 1 aromatic rings. The first-order valence-electron chi connectivity index (χ1n) is 7.98. The number of nitro groups is 1. The van der Waals surface area contributed by atoms with Crippen LogP contribution in [0, 0.1) is 22.5 Å². The highest BCUT2D eigenvalue weighted by molar-refractivity contribution is 5.59. The van der Waals surface area contributed by atoms with Gasteiger partial charge in [-0.25, -0.2) is 4.68 Å². The smallest absolute Gasteiger partial charge is 0.333 e. The van der Waals surface area contributed by atoms with Gasteiger partial charge in [0.2, 0.25) is 5.82 Å². The number of hydrogen-bond acceptors (Lipinski definition) is 4. The summed E-state index contributed by atoms with van der Waals surface area (Å²) in [4.78, 5) is 11.0. The lowest BCUT2D eigenvalue weighted by atomic mass is 9.83. The second-order valence-corrected chi connectivity index (χ2v) is 6.18. The molecule has 1 aliphatic rings. The Labute approximate surface area is 126 Å². The van der Waals surface area contributed by atoms with Crippen LogP contribution in [0.4, 0.5) is 11.5 Å². The van der Waals surface area contributed by atoms with Crippen molar-refractivity contribution in [2.45, 2.75) is 65.8 Å². The van der Waals surface area contributed by atoms with Crippen LogP contribution in [0.25, 0.3) is 0 Å². The van der Waals surface area contributed by atoms with Gasteiger partial charge in [-0.3, -0.25) is 10.1 Å². The van der Waals surface area contributed by atoms with Crippen molar-refractivity contribution in [3.63, 3.8) is 0 Å². The number of rotatable bonds is 7. The van der Waals surface area contributed by atoms with Crippen molar-refractivity contribution in [1.29, 1.82) is 0 Å². The molecule has 6 nitrogen and oxygen atoms in total. The van der Waals surface area contributed by atoms with Gasteiger partial charge in [0.1, 0.15) is 5.69 Å². The summed E-state index contributed by atoms with van der Waals surface area (Å²) < 4.78 is 1.76. The highest BCUT2D eigenvalue weighted by atomic mass is 16.6. The number of hydrogen-bond donors (Lipinski definition) is 1. The molecule has 1 N–H and O–H groups in total. The first-order chi connectivity index (χ1) is 10.0. The Balaban J connectivity index is 2.23. The van der Waals surface area contributed by atoms with E-state index in [4.69, 9.17) is 0 Å². The Morgan fingerprint density at radius 3 is 2.57 bits per heavy atom. The van der Waals surface area contributed by atoms with Crippen molar-refractivity contribution in [2.75, 3.05) is 11.9 Å². The lowest BCUT2D eigenvalue weighted by Gasteiger charge is -2.28. The van der Waals surface area contributed by atoms with E-state index in [9.17, 15) is 10.1 Å². The molecule has 0 aliphatic heterocycles. The number of aromatic nitrogens is 2. The number of nitrogens with one attached hydrogen (secondary N) is 1. The zero-order valence-electron chi connectivity index (χ0n) is 13.3. The monoisotopic (exact) mass is 294 g/mol. The van der Waals surface area contributed by atoms with Gasteiger partial charge in [0, 0.05) is 13.1 Å². The number of anilines is 1. The molecule has 1 aromatic heterocycles. The molecule has 21 heavy (non-hydrogen) atoms. The highest BCUT2D eigenvalue weighted by Gasteiger charge is 2.33.